The Labute approximate surface area is 133 Å². The Kier molecular flexibility index (Phi) is 5.39. The SMILES string of the molecule is CCCCc1ccc(Oc2ccc(Br)cc2C(=N)N)cc1. The predicted molar refractivity (Wildman–Crippen MR) is 90.3 cm³/mol. The minimum atomic E-state index is -0.00846. The van der Waals surface area contributed by atoms with Gasteiger partial charge in [-0.25, -0.2) is 0 Å². The molecular weight excluding hydrogens is 328 g/mol. The standard InChI is InChI=1S/C17H19BrN2O/c1-2-3-4-12-5-8-14(9-6-12)21-16-10-7-13(18)11-15(16)17(19)20/h5-11H,2-4H2,1H3,(H3,19,20). The molecule has 0 aliphatic heterocycles. The third-order valence-electron chi connectivity index (χ3n) is 3.20. The fourth-order valence-electron chi connectivity index (χ4n) is 2.03. The number of hydrogen-bond acceptors (Lipinski definition) is 2. The molecule has 0 aliphatic carbocycles. The highest BCUT2D eigenvalue weighted by Gasteiger charge is 2.08. The number of ether oxygens (including phenoxy) is 1. The van der Waals surface area contributed by atoms with Gasteiger partial charge in [-0.1, -0.05) is 41.4 Å². The van der Waals surface area contributed by atoms with Crippen LogP contribution >= 0.6 is 15.9 Å². The molecule has 21 heavy (non-hydrogen) atoms. The summed E-state index contributed by atoms with van der Waals surface area (Å²) in [6.45, 7) is 2.19. The van der Waals surface area contributed by atoms with Crippen LogP contribution in [0.3, 0.4) is 0 Å². The van der Waals surface area contributed by atoms with Crippen LogP contribution < -0.4 is 10.5 Å². The van der Waals surface area contributed by atoms with Gasteiger partial charge in [-0.15, -0.1) is 0 Å². The van der Waals surface area contributed by atoms with Crippen molar-refractivity contribution in [2.24, 2.45) is 5.73 Å². The van der Waals surface area contributed by atoms with Crippen LogP contribution in [-0.4, -0.2) is 5.84 Å². The van der Waals surface area contributed by atoms with E-state index in [1.54, 1.807) is 6.07 Å². The zero-order valence-electron chi connectivity index (χ0n) is 12.0. The van der Waals surface area contributed by atoms with Crippen LogP contribution in [0.4, 0.5) is 0 Å². The summed E-state index contributed by atoms with van der Waals surface area (Å²) in [5.74, 6) is 1.33. The van der Waals surface area contributed by atoms with Crippen LogP contribution in [0.5, 0.6) is 11.5 Å². The van der Waals surface area contributed by atoms with Gasteiger partial charge in [-0.05, 0) is 48.7 Å². The lowest BCUT2D eigenvalue weighted by Crippen LogP contribution is -2.12. The zero-order chi connectivity index (χ0) is 15.2. The molecule has 110 valence electrons. The second-order valence-electron chi connectivity index (χ2n) is 4.90. The molecule has 2 rings (SSSR count). The third-order valence-corrected chi connectivity index (χ3v) is 3.70. The summed E-state index contributed by atoms with van der Waals surface area (Å²) in [6, 6.07) is 13.5. The van der Waals surface area contributed by atoms with Gasteiger partial charge in [0, 0.05) is 4.47 Å². The van der Waals surface area contributed by atoms with E-state index in [1.165, 1.54) is 18.4 Å². The molecule has 0 atom stereocenters. The quantitative estimate of drug-likeness (QED) is 0.579. The Morgan fingerprint density at radius 1 is 1.19 bits per heavy atom. The van der Waals surface area contributed by atoms with E-state index in [2.05, 4.69) is 35.0 Å². The number of rotatable bonds is 6. The molecule has 2 aromatic rings. The maximum Gasteiger partial charge on any atom is 0.138 e. The van der Waals surface area contributed by atoms with Gasteiger partial charge >= 0.3 is 0 Å². The van der Waals surface area contributed by atoms with E-state index in [-0.39, 0.29) is 5.84 Å². The van der Waals surface area contributed by atoms with Crippen molar-refractivity contribution in [3.8, 4) is 11.5 Å². The van der Waals surface area contributed by atoms with Gasteiger partial charge in [0.25, 0.3) is 0 Å². The first-order valence-electron chi connectivity index (χ1n) is 7.01. The molecule has 0 amide bonds. The lowest BCUT2D eigenvalue weighted by Gasteiger charge is -2.11. The molecule has 3 N–H and O–H groups in total. The number of halogens is 1. The zero-order valence-corrected chi connectivity index (χ0v) is 13.6. The smallest absolute Gasteiger partial charge is 0.138 e. The number of benzene rings is 2. The molecule has 3 nitrogen and oxygen atoms in total. The first-order valence-corrected chi connectivity index (χ1v) is 7.80. The second kappa shape index (κ2) is 7.27. The summed E-state index contributed by atoms with van der Waals surface area (Å²) in [5, 5.41) is 7.63. The number of aryl methyl sites for hydroxylation is 1. The predicted octanol–water partition coefficient (Wildman–Crippen LogP) is 4.87. The number of unbranched alkanes of at least 4 members (excludes halogenated alkanes) is 1. The first-order chi connectivity index (χ1) is 10.1. The summed E-state index contributed by atoms with van der Waals surface area (Å²) in [7, 11) is 0. The molecule has 0 spiro atoms. The van der Waals surface area contributed by atoms with E-state index < -0.39 is 0 Å². The number of nitrogen functional groups attached to an aromatic ring is 1. The average molecular weight is 347 g/mol. The van der Waals surface area contributed by atoms with E-state index in [0.717, 1.165) is 16.6 Å². The average Bonchev–Trinajstić information content (AvgIpc) is 2.48. The molecular formula is C17H19BrN2O. The molecule has 0 heterocycles. The van der Waals surface area contributed by atoms with E-state index in [4.69, 9.17) is 15.9 Å². The monoisotopic (exact) mass is 346 g/mol. The fourth-order valence-corrected chi connectivity index (χ4v) is 2.39. The van der Waals surface area contributed by atoms with Gasteiger partial charge < -0.3 is 10.5 Å². The van der Waals surface area contributed by atoms with Crippen LogP contribution in [0.2, 0.25) is 0 Å². The normalized spacial score (nSPS) is 10.4. The Bertz CT molecular complexity index is 623. The van der Waals surface area contributed by atoms with Crippen molar-refractivity contribution in [1.29, 1.82) is 5.41 Å². The molecule has 0 saturated heterocycles. The van der Waals surface area contributed by atoms with Crippen molar-refractivity contribution < 1.29 is 4.74 Å². The molecule has 0 unspecified atom stereocenters. The van der Waals surface area contributed by atoms with Crippen molar-refractivity contribution >= 4 is 21.8 Å². The third kappa shape index (κ3) is 4.33. The van der Waals surface area contributed by atoms with E-state index in [1.807, 2.05) is 24.3 Å². The molecule has 0 radical (unpaired) electrons. The Morgan fingerprint density at radius 2 is 1.90 bits per heavy atom. The molecule has 0 aromatic heterocycles. The van der Waals surface area contributed by atoms with Crippen molar-refractivity contribution in [3.63, 3.8) is 0 Å². The van der Waals surface area contributed by atoms with Crippen molar-refractivity contribution in [1.82, 2.24) is 0 Å². The number of nitrogens with one attached hydrogen (secondary N) is 1. The molecule has 0 bridgehead atoms. The number of hydrogen-bond donors (Lipinski definition) is 2. The topological polar surface area (TPSA) is 59.1 Å². The summed E-state index contributed by atoms with van der Waals surface area (Å²) in [5.41, 5.74) is 7.49. The van der Waals surface area contributed by atoms with Crippen molar-refractivity contribution in [3.05, 3.63) is 58.1 Å². The minimum Gasteiger partial charge on any atom is -0.457 e. The number of nitrogens with two attached hydrogens (primary N) is 1. The van der Waals surface area contributed by atoms with E-state index >= 15 is 0 Å². The maximum absolute atomic E-state index is 7.63. The molecule has 0 fully saturated rings. The van der Waals surface area contributed by atoms with Crippen LogP contribution in [0.1, 0.15) is 30.9 Å². The van der Waals surface area contributed by atoms with E-state index in [9.17, 15) is 0 Å². The van der Waals surface area contributed by atoms with Crippen molar-refractivity contribution in [2.45, 2.75) is 26.2 Å². The highest BCUT2D eigenvalue weighted by molar-refractivity contribution is 9.10. The summed E-state index contributed by atoms with van der Waals surface area (Å²) in [6.07, 6.45) is 3.48. The van der Waals surface area contributed by atoms with Crippen molar-refractivity contribution in [2.75, 3.05) is 0 Å². The molecule has 0 aliphatic rings. The van der Waals surface area contributed by atoms with Crippen LogP contribution in [-0.2, 0) is 6.42 Å². The molecule has 0 saturated carbocycles. The number of amidine groups is 1. The fraction of sp³-hybridized carbons (Fsp3) is 0.235. The van der Waals surface area contributed by atoms with Gasteiger partial charge in [0.2, 0.25) is 0 Å². The van der Waals surface area contributed by atoms with Gasteiger partial charge in [-0.2, -0.15) is 0 Å². The first kappa shape index (κ1) is 15.6. The summed E-state index contributed by atoms with van der Waals surface area (Å²) < 4.78 is 6.71. The Balaban J connectivity index is 2.16. The van der Waals surface area contributed by atoms with Gasteiger partial charge in [0.15, 0.2) is 0 Å². The molecule has 2 aromatic carbocycles. The van der Waals surface area contributed by atoms with Gasteiger partial charge in [-0.3, -0.25) is 5.41 Å². The van der Waals surface area contributed by atoms with Crippen LogP contribution in [0, 0.1) is 5.41 Å². The minimum absolute atomic E-state index is 0.00846. The highest BCUT2D eigenvalue weighted by Crippen LogP contribution is 2.28. The maximum atomic E-state index is 7.63. The largest absolute Gasteiger partial charge is 0.457 e. The van der Waals surface area contributed by atoms with Gasteiger partial charge in [0.05, 0.1) is 5.56 Å². The highest BCUT2D eigenvalue weighted by atomic mass is 79.9. The second-order valence-corrected chi connectivity index (χ2v) is 5.82. The Hall–Kier alpha value is -1.81. The summed E-state index contributed by atoms with van der Waals surface area (Å²) >= 11 is 3.38. The van der Waals surface area contributed by atoms with Crippen LogP contribution in [0.15, 0.2) is 46.9 Å². The summed E-state index contributed by atoms with van der Waals surface area (Å²) in [4.78, 5) is 0. The lowest BCUT2D eigenvalue weighted by molar-refractivity contribution is 0.481. The Morgan fingerprint density at radius 3 is 2.52 bits per heavy atom. The molecule has 4 heteroatoms. The van der Waals surface area contributed by atoms with E-state index in [0.29, 0.717) is 11.3 Å². The van der Waals surface area contributed by atoms with Crippen LogP contribution in [0.25, 0.3) is 0 Å². The lowest BCUT2D eigenvalue weighted by atomic mass is 10.1. The van der Waals surface area contributed by atoms with Gasteiger partial charge in [0.1, 0.15) is 17.3 Å².